The third-order valence-electron chi connectivity index (χ3n) is 5.39. The lowest BCUT2D eigenvalue weighted by Gasteiger charge is -2.28. The molecule has 8 heteroatoms. The van der Waals surface area contributed by atoms with Crippen LogP contribution in [0.2, 0.25) is 0 Å². The molecule has 0 aliphatic heterocycles. The number of carbonyl (C=O) groups is 2. The molecule has 2 aromatic heterocycles. The standard InChI is InChI=1S/C20H27N5O3/c1-12-9-13(2)22-19(21-12)25-15(4)16(14(3)24-25)10-17(26)23-20(11-18(27)28)7-5-6-8-20/h9H,5-8,10-11H2,1-4H3,(H,23,26)(H,27,28). The first kappa shape index (κ1) is 20.0. The smallest absolute Gasteiger partial charge is 0.305 e. The summed E-state index contributed by atoms with van der Waals surface area (Å²) in [6.07, 6.45) is 3.41. The second kappa shape index (κ2) is 7.69. The zero-order chi connectivity index (χ0) is 20.5. The van der Waals surface area contributed by atoms with Crippen molar-refractivity contribution in [1.82, 2.24) is 25.1 Å². The van der Waals surface area contributed by atoms with Crippen LogP contribution >= 0.6 is 0 Å². The number of rotatable bonds is 6. The lowest BCUT2D eigenvalue weighted by atomic mass is 9.92. The highest BCUT2D eigenvalue weighted by Gasteiger charge is 2.37. The van der Waals surface area contributed by atoms with E-state index in [1.807, 2.05) is 33.8 Å². The summed E-state index contributed by atoms with van der Waals surface area (Å²) in [5.74, 6) is -0.563. The van der Waals surface area contributed by atoms with Crippen LogP contribution in [-0.2, 0) is 16.0 Å². The Bertz CT molecular complexity index is 893. The van der Waals surface area contributed by atoms with Crippen LogP contribution in [0.15, 0.2) is 6.07 Å². The van der Waals surface area contributed by atoms with Crippen molar-refractivity contribution in [2.24, 2.45) is 0 Å². The quantitative estimate of drug-likeness (QED) is 0.790. The molecule has 2 N–H and O–H groups in total. The number of carboxylic acid groups (broad SMARTS) is 1. The minimum Gasteiger partial charge on any atom is -0.481 e. The number of hydrogen-bond donors (Lipinski definition) is 2. The van der Waals surface area contributed by atoms with Crippen molar-refractivity contribution in [3.05, 3.63) is 34.4 Å². The average molecular weight is 385 g/mol. The van der Waals surface area contributed by atoms with E-state index in [1.165, 1.54) is 0 Å². The Morgan fingerprint density at radius 2 is 1.75 bits per heavy atom. The highest BCUT2D eigenvalue weighted by atomic mass is 16.4. The van der Waals surface area contributed by atoms with Gasteiger partial charge in [0.1, 0.15) is 0 Å². The number of aryl methyl sites for hydroxylation is 3. The van der Waals surface area contributed by atoms with Crippen molar-refractivity contribution in [2.75, 3.05) is 0 Å². The summed E-state index contributed by atoms with van der Waals surface area (Å²) in [5.41, 5.74) is 3.46. The predicted molar refractivity (Wildman–Crippen MR) is 103 cm³/mol. The second-order valence-electron chi connectivity index (χ2n) is 7.79. The molecule has 2 aromatic rings. The molecule has 150 valence electrons. The Hall–Kier alpha value is -2.77. The summed E-state index contributed by atoms with van der Waals surface area (Å²) in [5, 5.41) is 16.8. The SMILES string of the molecule is Cc1cc(C)nc(-n2nc(C)c(CC(=O)NC3(CC(=O)O)CCCC3)c2C)n1. The molecule has 1 saturated carbocycles. The van der Waals surface area contributed by atoms with Crippen molar-refractivity contribution in [1.29, 1.82) is 0 Å². The molecule has 0 unspecified atom stereocenters. The Balaban J connectivity index is 1.82. The van der Waals surface area contributed by atoms with E-state index in [9.17, 15) is 14.7 Å². The summed E-state index contributed by atoms with van der Waals surface area (Å²) in [6.45, 7) is 7.56. The van der Waals surface area contributed by atoms with Crippen LogP contribution in [0.1, 0.15) is 60.4 Å². The first-order valence-electron chi connectivity index (χ1n) is 9.60. The summed E-state index contributed by atoms with van der Waals surface area (Å²) < 4.78 is 1.67. The lowest BCUT2D eigenvalue weighted by Crippen LogP contribution is -2.48. The molecule has 1 aliphatic rings. The monoisotopic (exact) mass is 385 g/mol. The highest BCUT2D eigenvalue weighted by Crippen LogP contribution is 2.33. The number of nitrogens with one attached hydrogen (secondary N) is 1. The van der Waals surface area contributed by atoms with Gasteiger partial charge in [0.25, 0.3) is 5.95 Å². The molecule has 0 spiro atoms. The van der Waals surface area contributed by atoms with Crippen LogP contribution in [0, 0.1) is 27.7 Å². The zero-order valence-corrected chi connectivity index (χ0v) is 16.9. The highest BCUT2D eigenvalue weighted by molar-refractivity contribution is 5.81. The number of carboxylic acids is 1. The Morgan fingerprint density at radius 3 is 2.32 bits per heavy atom. The summed E-state index contributed by atoms with van der Waals surface area (Å²) in [4.78, 5) is 32.9. The zero-order valence-electron chi connectivity index (χ0n) is 16.9. The van der Waals surface area contributed by atoms with Gasteiger partial charge in [0, 0.05) is 22.6 Å². The van der Waals surface area contributed by atoms with Gasteiger partial charge < -0.3 is 10.4 Å². The fourth-order valence-corrected chi connectivity index (χ4v) is 4.12. The molecule has 1 aliphatic carbocycles. The van der Waals surface area contributed by atoms with Gasteiger partial charge in [0.15, 0.2) is 0 Å². The maximum absolute atomic E-state index is 12.7. The minimum atomic E-state index is -0.880. The van der Waals surface area contributed by atoms with Gasteiger partial charge in [-0.05, 0) is 46.6 Å². The largest absolute Gasteiger partial charge is 0.481 e. The molecule has 0 bridgehead atoms. The number of carbonyl (C=O) groups excluding carboxylic acids is 1. The number of aromatic nitrogens is 4. The van der Waals surface area contributed by atoms with Crippen LogP contribution in [-0.4, -0.2) is 42.3 Å². The first-order valence-corrected chi connectivity index (χ1v) is 9.60. The third kappa shape index (κ3) is 4.21. The van der Waals surface area contributed by atoms with E-state index in [0.717, 1.165) is 41.2 Å². The summed E-state index contributed by atoms with van der Waals surface area (Å²) >= 11 is 0. The van der Waals surface area contributed by atoms with Crippen molar-refractivity contribution in [2.45, 2.75) is 71.8 Å². The van der Waals surface area contributed by atoms with Crippen molar-refractivity contribution in [3.8, 4) is 5.95 Å². The molecular formula is C20H27N5O3. The van der Waals surface area contributed by atoms with E-state index in [0.29, 0.717) is 18.8 Å². The van der Waals surface area contributed by atoms with Crippen molar-refractivity contribution < 1.29 is 14.7 Å². The molecule has 2 heterocycles. The molecular weight excluding hydrogens is 358 g/mol. The first-order chi connectivity index (χ1) is 13.2. The molecule has 8 nitrogen and oxygen atoms in total. The van der Waals surface area contributed by atoms with Crippen molar-refractivity contribution >= 4 is 11.9 Å². The van der Waals surface area contributed by atoms with Crippen LogP contribution in [0.5, 0.6) is 0 Å². The Kier molecular flexibility index (Phi) is 5.49. The second-order valence-corrected chi connectivity index (χ2v) is 7.79. The molecule has 3 rings (SSSR count). The average Bonchev–Trinajstić information content (AvgIpc) is 3.13. The van der Waals surface area contributed by atoms with Gasteiger partial charge in [-0.3, -0.25) is 9.59 Å². The van der Waals surface area contributed by atoms with Gasteiger partial charge in [-0.25, -0.2) is 14.6 Å². The van der Waals surface area contributed by atoms with E-state index in [-0.39, 0.29) is 18.7 Å². The molecule has 0 saturated heterocycles. The molecule has 0 radical (unpaired) electrons. The van der Waals surface area contributed by atoms with Gasteiger partial charge in [-0.2, -0.15) is 5.10 Å². The minimum absolute atomic E-state index is 0.0353. The van der Waals surface area contributed by atoms with E-state index < -0.39 is 11.5 Å². The topological polar surface area (TPSA) is 110 Å². The normalized spacial score (nSPS) is 15.6. The van der Waals surface area contributed by atoms with Gasteiger partial charge in [0.05, 0.1) is 24.1 Å². The maximum Gasteiger partial charge on any atom is 0.305 e. The maximum atomic E-state index is 12.7. The third-order valence-corrected chi connectivity index (χ3v) is 5.39. The molecule has 28 heavy (non-hydrogen) atoms. The van der Waals surface area contributed by atoms with Gasteiger partial charge in [0.2, 0.25) is 5.91 Å². The van der Waals surface area contributed by atoms with Crippen LogP contribution in [0.25, 0.3) is 5.95 Å². The van der Waals surface area contributed by atoms with Crippen LogP contribution < -0.4 is 5.32 Å². The van der Waals surface area contributed by atoms with E-state index in [1.54, 1.807) is 4.68 Å². The lowest BCUT2D eigenvalue weighted by molar-refractivity contribution is -0.139. The van der Waals surface area contributed by atoms with Crippen LogP contribution in [0.4, 0.5) is 0 Å². The predicted octanol–water partition coefficient (Wildman–Crippen LogP) is 2.34. The van der Waals surface area contributed by atoms with Gasteiger partial charge in [-0.15, -0.1) is 0 Å². The van der Waals surface area contributed by atoms with Gasteiger partial charge in [-0.1, -0.05) is 12.8 Å². The Labute approximate surface area is 164 Å². The van der Waals surface area contributed by atoms with E-state index in [4.69, 9.17) is 0 Å². The fourth-order valence-electron chi connectivity index (χ4n) is 4.12. The number of amides is 1. The Morgan fingerprint density at radius 1 is 1.14 bits per heavy atom. The number of aliphatic carboxylic acids is 1. The molecule has 1 amide bonds. The summed E-state index contributed by atoms with van der Waals surface area (Å²) in [7, 11) is 0. The van der Waals surface area contributed by atoms with E-state index in [2.05, 4.69) is 20.4 Å². The fraction of sp³-hybridized carbons (Fsp3) is 0.550. The van der Waals surface area contributed by atoms with Crippen LogP contribution in [0.3, 0.4) is 0 Å². The number of nitrogens with zero attached hydrogens (tertiary/aromatic N) is 4. The number of hydrogen-bond acceptors (Lipinski definition) is 5. The molecule has 1 fully saturated rings. The molecule has 0 atom stereocenters. The summed E-state index contributed by atoms with van der Waals surface area (Å²) in [6, 6.07) is 1.90. The van der Waals surface area contributed by atoms with Gasteiger partial charge >= 0.3 is 5.97 Å². The molecule has 0 aromatic carbocycles. The van der Waals surface area contributed by atoms with Crippen molar-refractivity contribution in [3.63, 3.8) is 0 Å². The van der Waals surface area contributed by atoms with E-state index >= 15 is 0 Å².